The summed E-state index contributed by atoms with van der Waals surface area (Å²) in [6.07, 6.45) is 1.01. The van der Waals surface area contributed by atoms with Crippen LogP contribution in [0.1, 0.15) is 17.5 Å². The lowest BCUT2D eigenvalue weighted by molar-refractivity contribution is 0.198. The van der Waals surface area contributed by atoms with Gasteiger partial charge in [0, 0.05) is 13.7 Å². The monoisotopic (exact) mass is 237 g/mol. The molecule has 1 rings (SSSR count). The number of hydrogen-bond acceptors (Lipinski definition) is 3. The highest BCUT2D eigenvalue weighted by atomic mass is 16.5. The number of aryl methyl sites for hydroxylation is 2. The Labute approximate surface area is 104 Å². The summed E-state index contributed by atoms with van der Waals surface area (Å²) in [5, 5.41) is 3.29. The highest BCUT2D eigenvalue weighted by Crippen LogP contribution is 2.18. The van der Waals surface area contributed by atoms with E-state index in [9.17, 15) is 0 Å². The van der Waals surface area contributed by atoms with Crippen LogP contribution >= 0.6 is 0 Å². The summed E-state index contributed by atoms with van der Waals surface area (Å²) in [5.74, 6) is 1.00. The van der Waals surface area contributed by atoms with Crippen LogP contribution in [0.2, 0.25) is 0 Å². The van der Waals surface area contributed by atoms with Crippen LogP contribution < -0.4 is 10.1 Å². The van der Waals surface area contributed by atoms with Crippen LogP contribution in [0.4, 0.5) is 0 Å². The van der Waals surface area contributed by atoms with Crippen molar-refractivity contribution < 1.29 is 9.47 Å². The van der Waals surface area contributed by atoms with Gasteiger partial charge in [-0.25, -0.2) is 0 Å². The molecule has 1 N–H and O–H groups in total. The third-order valence-electron chi connectivity index (χ3n) is 2.58. The quantitative estimate of drug-likeness (QED) is 0.704. The molecule has 0 atom stereocenters. The second-order valence-electron chi connectivity index (χ2n) is 4.21. The summed E-state index contributed by atoms with van der Waals surface area (Å²) in [5.41, 5.74) is 2.44. The normalized spacial score (nSPS) is 10.5. The van der Waals surface area contributed by atoms with Gasteiger partial charge in [-0.15, -0.1) is 0 Å². The van der Waals surface area contributed by atoms with E-state index in [4.69, 9.17) is 9.47 Å². The van der Waals surface area contributed by atoms with Gasteiger partial charge in [0.1, 0.15) is 5.75 Å². The molecule has 0 saturated carbocycles. The van der Waals surface area contributed by atoms with Gasteiger partial charge in [0.2, 0.25) is 0 Å². The second-order valence-corrected chi connectivity index (χ2v) is 4.21. The Bertz CT molecular complexity index is 326. The van der Waals surface area contributed by atoms with Crippen molar-refractivity contribution in [2.24, 2.45) is 0 Å². The van der Waals surface area contributed by atoms with E-state index in [2.05, 4.69) is 37.4 Å². The molecule has 0 aliphatic rings. The van der Waals surface area contributed by atoms with Crippen LogP contribution in [-0.4, -0.2) is 33.4 Å². The minimum atomic E-state index is 0.754. The van der Waals surface area contributed by atoms with Crippen LogP contribution in [-0.2, 0) is 4.74 Å². The molecule has 0 spiro atoms. The molecule has 0 radical (unpaired) electrons. The standard InChI is InChI=1S/C14H23NO2/c1-12-5-6-13(2)14(11-12)17-9-4-7-15-8-10-16-3/h5-6,11,15H,4,7-10H2,1-3H3. The topological polar surface area (TPSA) is 30.5 Å². The highest BCUT2D eigenvalue weighted by molar-refractivity contribution is 5.35. The van der Waals surface area contributed by atoms with Crippen molar-refractivity contribution in [3.8, 4) is 5.75 Å². The molecule has 0 heterocycles. The van der Waals surface area contributed by atoms with Crippen molar-refractivity contribution in [3.05, 3.63) is 29.3 Å². The summed E-state index contributed by atoms with van der Waals surface area (Å²) >= 11 is 0. The number of benzene rings is 1. The Morgan fingerprint density at radius 2 is 1.94 bits per heavy atom. The Balaban J connectivity index is 2.15. The molecule has 1 aromatic rings. The first-order chi connectivity index (χ1) is 8.24. The molecule has 96 valence electrons. The molecule has 0 amide bonds. The molecule has 0 aromatic heterocycles. The minimum Gasteiger partial charge on any atom is -0.493 e. The van der Waals surface area contributed by atoms with Crippen molar-refractivity contribution in [2.75, 3.05) is 33.4 Å². The fourth-order valence-electron chi connectivity index (χ4n) is 1.54. The molecule has 0 aliphatic carbocycles. The van der Waals surface area contributed by atoms with Crippen LogP contribution in [0.3, 0.4) is 0 Å². The van der Waals surface area contributed by atoms with Crippen LogP contribution in [0.25, 0.3) is 0 Å². The van der Waals surface area contributed by atoms with Crippen LogP contribution in [0.5, 0.6) is 5.75 Å². The SMILES string of the molecule is COCCNCCCOc1cc(C)ccc1C. The summed E-state index contributed by atoms with van der Waals surface area (Å²) < 4.78 is 10.7. The van der Waals surface area contributed by atoms with Gasteiger partial charge in [0.25, 0.3) is 0 Å². The van der Waals surface area contributed by atoms with Crippen molar-refractivity contribution in [1.82, 2.24) is 5.32 Å². The van der Waals surface area contributed by atoms with E-state index in [0.717, 1.165) is 38.5 Å². The fraction of sp³-hybridized carbons (Fsp3) is 0.571. The predicted molar refractivity (Wildman–Crippen MR) is 70.8 cm³/mol. The maximum atomic E-state index is 5.75. The number of ether oxygens (including phenoxy) is 2. The lowest BCUT2D eigenvalue weighted by Gasteiger charge is -2.10. The minimum absolute atomic E-state index is 0.754. The van der Waals surface area contributed by atoms with Gasteiger partial charge in [-0.2, -0.15) is 0 Å². The Morgan fingerprint density at radius 1 is 1.12 bits per heavy atom. The molecular weight excluding hydrogens is 214 g/mol. The third kappa shape index (κ3) is 5.71. The molecule has 0 fully saturated rings. The van der Waals surface area contributed by atoms with Crippen LogP contribution in [0.15, 0.2) is 18.2 Å². The lowest BCUT2D eigenvalue weighted by atomic mass is 10.1. The maximum absolute atomic E-state index is 5.75. The first kappa shape index (κ1) is 14.0. The number of hydrogen-bond donors (Lipinski definition) is 1. The summed E-state index contributed by atoms with van der Waals surface area (Å²) in [4.78, 5) is 0. The number of nitrogens with one attached hydrogen (secondary N) is 1. The molecule has 3 nitrogen and oxygen atoms in total. The average Bonchev–Trinajstić information content (AvgIpc) is 2.32. The molecule has 3 heteroatoms. The van der Waals surface area contributed by atoms with Gasteiger partial charge in [-0.3, -0.25) is 0 Å². The van der Waals surface area contributed by atoms with E-state index in [-0.39, 0.29) is 0 Å². The van der Waals surface area contributed by atoms with Crippen molar-refractivity contribution in [2.45, 2.75) is 20.3 Å². The van der Waals surface area contributed by atoms with Gasteiger partial charge >= 0.3 is 0 Å². The first-order valence-corrected chi connectivity index (χ1v) is 6.13. The van der Waals surface area contributed by atoms with Gasteiger partial charge in [-0.1, -0.05) is 12.1 Å². The molecule has 0 aliphatic heterocycles. The van der Waals surface area contributed by atoms with E-state index in [0.29, 0.717) is 0 Å². The Hall–Kier alpha value is -1.06. The Kier molecular flexibility index (Phi) is 6.67. The summed E-state index contributed by atoms with van der Waals surface area (Å²) in [7, 11) is 1.71. The van der Waals surface area contributed by atoms with E-state index in [1.807, 2.05) is 0 Å². The van der Waals surface area contributed by atoms with Crippen molar-refractivity contribution >= 4 is 0 Å². The Morgan fingerprint density at radius 3 is 2.71 bits per heavy atom. The van der Waals surface area contributed by atoms with Gasteiger partial charge in [0.15, 0.2) is 0 Å². The van der Waals surface area contributed by atoms with Crippen molar-refractivity contribution in [1.29, 1.82) is 0 Å². The zero-order valence-electron chi connectivity index (χ0n) is 11.1. The molecule has 0 bridgehead atoms. The number of rotatable bonds is 8. The highest BCUT2D eigenvalue weighted by Gasteiger charge is 1.99. The van der Waals surface area contributed by atoms with Crippen LogP contribution in [0, 0.1) is 13.8 Å². The number of methoxy groups -OCH3 is 1. The lowest BCUT2D eigenvalue weighted by Crippen LogP contribution is -2.21. The van der Waals surface area contributed by atoms with E-state index >= 15 is 0 Å². The van der Waals surface area contributed by atoms with E-state index in [1.54, 1.807) is 7.11 Å². The smallest absolute Gasteiger partial charge is 0.122 e. The molecule has 1 aromatic carbocycles. The fourth-order valence-corrected chi connectivity index (χ4v) is 1.54. The van der Waals surface area contributed by atoms with E-state index in [1.165, 1.54) is 11.1 Å². The largest absolute Gasteiger partial charge is 0.493 e. The molecule has 17 heavy (non-hydrogen) atoms. The molecular formula is C14H23NO2. The summed E-state index contributed by atoms with van der Waals surface area (Å²) in [6, 6.07) is 6.30. The zero-order valence-corrected chi connectivity index (χ0v) is 11.1. The van der Waals surface area contributed by atoms with Crippen molar-refractivity contribution in [3.63, 3.8) is 0 Å². The summed E-state index contributed by atoms with van der Waals surface area (Å²) in [6.45, 7) is 7.54. The molecule has 0 saturated heterocycles. The zero-order chi connectivity index (χ0) is 12.5. The first-order valence-electron chi connectivity index (χ1n) is 6.13. The maximum Gasteiger partial charge on any atom is 0.122 e. The molecule has 0 unspecified atom stereocenters. The van der Waals surface area contributed by atoms with E-state index < -0.39 is 0 Å². The second kappa shape index (κ2) is 8.09. The predicted octanol–water partition coefficient (Wildman–Crippen LogP) is 2.31. The third-order valence-corrected chi connectivity index (χ3v) is 2.58. The van der Waals surface area contributed by atoms with Gasteiger partial charge in [0.05, 0.1) is 13.2 Å². The van der Waals surface area contributed by atoms with Gasteiger partial charge in [-0.05, 0) is 44.0 Å². The van der Waals surface area contributed by atoms with Gasteiger partial charge < -0.3 is 14.8 Å². The average molecular weight is 237 g/mol.